The maximum absolute atomic E-state index is 5.66. The van der Waals surface area contributed by atoms with Crippen LogP contribution in [0.3, 0.4) is 0 Å². The molecule has 0 aromatic heterocycles. The smallest absolute Gasteiger partial charge is 0.0320 e. The minimum atomic E-state index is 0.766. The maximum Gasteiger partial charge on any atom is 0.0320 e. The Hall–Kier alpha value is -1.70. The zero-order valence-corrected chi connectivity index (χ0v) is 7.70. The van der Waals surface area contributed by atoms with Crippen molar-refractivity contribution in [3.63, 3.8) is 0 Å². The van der Waals surface area contributed by atoms with Gasteiger partial charge in [0.2, 0.25) is 0 Å². The van der Waals surface area contributed by atoms with Crippen LogP contribution in [-0.4, -0.2) is 0 Å². The summed E-state index contributed by atoms with van der Waals surface area (Å²) in [4.78, 5) is 0. The predicted molar refractivity (Wildman–Crippen MR) is 58.8 cm³/mol. The van der Waals surface area contributed by atoms with Crippen molar-refractivity contribution in [2.24, 2.45) is 5.73 Å². The van der Waals surface area contributed by atoms with Crippen LogP contribution in [0.25, 0.3) is 12.2 Å². The molecule has 0 aliphatic heterocycles. The first-order valence-corrected chi connectivity index (χ1v) is 4.18. The van der Waals surface area contributed by atoms with E-state index in [1.165, 1.54) is 6.20 Å². The van der Waals surface area contributed by atoms with Gasteiger partial charge >= 0.3 is 0 Å². The van der Waals surface area contributed by atoms with Crippen molar-refractivity contribution in [3.8, 4) is 0 Å². The lowest BCUT2D eigenvalue weighted by Gasteiger charge is -2.01. The van der Waals surface area contributed by atoms with Gasteiger partial charge < -0.3 is 11.5 Å². The molecular weight excluding hydrogens is 160 g/mol. The van der Waals surface area contributed by atoms with Crippen molar-refractivity contribution >= 4 is 17.8 Å². The van der Waals surface area contributed by atoms with Gasteiger partial charge in [0.15, 0.2) is 0 Å². The van der Waals surface area contributed by atoms with Gasteiger partial charge in [-0.15, -0.1) is 0 Å². The van der Waals surface area contributed by atoms with Gasteiger partial charge in [0.1, 0.15) is 0 Å². The minimum absolute atomic E-state index is 0.766. The van der Waals surface area contributed by atoms with E-state index >= 15 is 0 Å². The summed E-state index contributed by atoms with van der Waals surface area (Å²) < 4.78 is 0. The van der Waals surface area contributed by atoms with E-state index < -0.39 is 0 Å². The fraction of sp³-hybridized carbons (Fsp3) is 0.0909. The third kappa shape index (κ3) is 2.37. The second kappa shape index (κ2) is 4.36. The Morgan fingerprint density at radius 1 is 1.15 bits per heavy atom. The number of benzene rings is 1. The lowest BCUT2D eigenvalue weighted by atomic mass is 10.1. The Kier molecular flexibility index (Phi) is 3.15. The van der Waals surface area contributed by atoms with E-state index in [0.717, 1.165) is 16.8 Å². The molecule has 0 heterocycles. The summed E-state index contributed by atoms with van der Waals surface area (Å²) in [7, 11) is 0. The van der Waals surface area contributed by atoms with Crippen LogP contribution in [-0.2, 0) is 0 Å². The highest BCUT2D eigenvalue weighted by Crippen LogP contribution is 2.16. The maximum atomic E-state index is 5.66. The van der Waals surface area contributed by atoms with E-state index in [9.17, 15) is 0 Å². The van der Waals surface area contributed by atoms with Gasteiger partial charge in [0.25, 0.3) is 0 Å². The molecule has 0 amide bonds. The van der Waals surface area contributed by atoms with Crippen molar-refractivity contribution in [2.75, 3.05) is 5.73 Å². The second-order valence-corrected chi connectivity index (χ2v) is 2.75. The molecule has 0 fully saturated rings. The Bertz CT molecular complexity index is 338. The Morgan fingerprint density at radius 3 is 2.54 bits per heavy atom. The molecule has 0 aliphatic rings. The average Bonchev–Trinajstić information content (AvgIpc) is 2.10. The molecule has 2 heteroatoms. The highest BCUT2D eigenvalue weighted by Gasteiger charge is 1.95. The standard InChI is InChI=1S/C11H14N2/c1-2-3-10-8-11(13)5-4-9(10)6-7-12/h2-8H,12-13H2,1H3/b3-2-,7-6+. The summed E-state index contributed by atoms with van der Waals surface area (Å²) >= 11 is 0. The summed E-state index contributed by atoms with van der Waals surface area (Å²) in [5.41, 5.74) is 13.9. The third-order valence-corrected chi connectivity index (χ3v) is 1.73. The molecule has 13 heavy (non-hydrogen) atoms. The van der Waals surface area contributed by atoms with E-state index in [4.69, 9.17) is 11.5 Å². The Morgan fingerprint density at radius 2 is 1.92 bits per heavy atom. The third-order valence-electron chi connectivity index (χ3n) is 1.73. The number of hydrogen-bond donors (Lipinski definition) is 2. The van der Waals surface area contributed by atoms with E-state index in [-0.39, 0.29) is 0 Å². The number of allylic oxidation sites excluding steroid dienone is 1. The van der Waals surface area contributed by atoms with E-state index in [1.807, 2.05) is 43.4 Å². The molecule has 1 aromatic rings. The van der Waals surface area contributed by atoms with Crippen LogP contribution in [0.2, 0.25) is 0 Å². The van der Waals surface area contributed by atoms with Crippen molar-refractivity contribution in [3.05, 3.63) is 41.6 Å². The van der Waals surface area contributed by atoms with Gasteiger partial charge in [-0.2, -0.15) is 0 Å². The monoisotopic (exact) mass is 174 g/mol. The lowest BCUT2D eigenvalue weighted by molar-refractivity contribution is 1.56. The summed E-state index contributed by atoms with van der Waals surface area (Å²) in [6.45, 7) is 1.97. The molecule has 1 rings (SSSR count). The molecule has 0 bridgehead atoms. The number of rotatable bonds is 2. The zero-order chi connectivity index (χ0) is 9.68. The molecule has 0 unspecified atom stereocenters. The van der Waals surface area contributed by atoms with Gasteiger partial charge in [-0.25, -0.2) is 0 Å². The minimum Gasteiger partial charge on any atom is -0.405 e. The fourth-order valence-electron chi connectivity index (χ4n) is 1.17. The molecule has 0 saturated carbocycles. The largest absolute Gasteiger partial charge is 0.405 e. The SMILES string of the molecule is C/C=C\c1cc(N)ccc1/C=C/N. The van der Waals surface area contributed by atoms with Gasteiger partial charge in [0, 0.05) is 5.69 Å². The van der Waals surface area contributed by atoms with Gasteiger partial charge in [-0.1, -0.05) is 18.2 Å². The normalized spacial score (nSPS) is 11.5. The molecule has 0 spiro atoms. The molecule has 0 radical (unpaired) electrons. The summed E-state index contributed by atoms with van der Waals surface area (Å²) in [6, 6.07) is 5.74. The zero-order valence-electron chi connectivity index (χ0n) is 7.70. The van der Waals surface area contributed by atoms with Crippen LogP contribution in [0, 0.1) is 0 Å². The molecule has 0 saturated heterocycles. The number of anilines is 1. The molecule has 68 valence electrons. The van der Waals surface area contributed by atoms with Crippen LogP contribution in [0.15, 0.2) is 30.5 Å². The van der Waals surface area contributed by atoms with Gasteiger partial charge in [-0.05, 0) is 42.5 Å². The Labute approximate surface area is 78.6 Å². The summed E-state index contributed by atoms with van der Waals surface area (Å²) in [5.74, 6) is 0. The van der Waals surface area contributed by atoms with E-state index in [1.54, 1.807) is 0 Å². The Balaban J connectivity index is 3.18. The van der Waals surface area contributed by atoms with Crippen LogP contribution < -0.4 is 11.5 Å². The van der Waals surface area contributed by atoms with Crippen molar-refractivity contribution < 1.29 is 0 Å². The lowest BCUT2D eigenvalue weighted by Crippen LogP contribution is -1.88. The predicted octanol–water partition coefficient (Wildman–Crippen LogP) is 2.23. The van der Waals surface area contributed by atoms with Gasteiger partial charge in [0.05, 0.1) is 0 Å². The van der Waals surface area contributed by atoms with Crippen molar-refractivity contribution in [2.45, 2.75) is 6.92 Å². The summed E-state index contributed by atoms with van der Waals surface area (Å²) in [6.07, 6.45) is 7.36. The van der Waals surface area contributed by atoms with E-state index in [0.29, 0.717) is 0 Å². The first kappa shape index (κ1) is 9.39. The van der Waals surface area contributed by atoms with Crippen LogP contribution in [0.4, 0.5) is 5.69 Å². The highest BCUT2D eigenvalue weighted by molar-refractivity contribution is 5.68. The number of nitrogen functional groups attached to an aromatic ring is 1. The first-order valence-electron chi connectivity index (χ1n) is 4.18. The topological polar surface area (TPSA) is 52.0 Å². The molecule has 1 aromatic carbocycles. The van der Waals surface area contributed by atoms with Crippen LogP contribution in [0.5, 0.6) is 0 Å². The molecule has 2 nitrogen and oxygen atoms in total. The fourth-order valence-corrected chi connectivity index (χ4v) is 1.17. The van der Waals surface area contributed by atoms with Crippen LogP contribution >= 0.6 is 0 Å². The van der Waals surface area contributed by atoms with Crippen molar-refractivity contribution in [1.82, 2.24) is 0 Å². The molecule has 0 atom stereocenters. The second-order valence-electron chi connectivity index (χ2n) is 2.75. The van der Waals surface area contributed by atoms with Gasteiger partial charge in [-0.3, -0.25) is 0 Å². The van der Waals surface area contributed by atoms with Crippen LogP contribution in [0.1, 0.15) is 18.1 Å². The van der Waals surface area contributed by atoms with E-state index in [2.05, 4.69) is 0 Å². The molecule has 4 N–H and O–H groups in total. The average molecular weight is 174 g/mol. The highest BCUT2D eigenvalue weighted by atomic mass is 14.5. The number of nitrogens with two attached hydrogens (primary N) is 2. The number of hydrogen-bond acceptors (Lipinski definition) is 2. The van der Waals surface area contributed by atoms with Crippen molar-refractivity contribution in [1.29, 1.82) is 0 Å². The molecular formula is C11H14N2. The first-order chi connectivity index (χ1) is 6.27. The quantitative estimate of drug-likeness (QED) is 0.675. The summed E-state index contributed by atoms with van der Waals surface area (Å²) in [5, 5.41) is 0. The molecule has 0 aliphatic carbocycles.